The number of aromatic amines is 1. The third-order valence-corrected chi connectivity index (χ3v) is 7.01. The average molecular weight is 447 g/mol. The van der Waals surface area contributed by atoms with Crippen molar-refractivity contribution in [2.24, 2.45) is 0 Å². The zero-order valence-corrected chi connectivity index (χ0v) is 19.6. The summed E-state index contributed by atoms with van der Waals surface area (Å²) >= 11 is 0. The molecule has 1 N–H and O–H groups in total. The van der Waals surface area contributed by atoms with Gasteiger partial charge in [-0.1, -0.05) is 18.2 Å². The van der Waals surface area contributed by atoms with Gasteiger partial charge in [0.15, 0.2) is 0 Å². The first-order valence-electron chi connectivity index (χ1n) is 11.5. The highest BCUT2D eigenvalue weighted by Gasteiger charge is 2.40. The summed E-state index contributed by atoms with van der Waals surface area (Å²) < 4.78 is 17.2. The number of fused-ring (bicyclic) bond motifs is 1. The van der Waals surface area contributed by atoms with Crippen molar-refractivity contribution < 1.29 is 19.0 Å². The quantitative estimate of drug-likeness (QED) is 0.562. The third-order valence-electron chi connectivity index (χ3n) is 7.01. The molecule has 6 heteroatoms. The lowest BCUT2D eigenvalue weighted by Crippen LogP contribution is -2.36. The molecule has 2 aliphatic rings. The van der Waals surface area contributed by atoms with Crippen LogP contribution in [-0.4, -0.2) is 49.3 Å². The number of aromatic nitrogens is 1. The second-order valence-corrected chi connectivity index (χ2v) is 8.83. The van der Waals surface area contributed by atoms with Crippen LogP contribution in [0.5, 0.6) is 11.5 Å². The van der Waals surface area contributed by atoms with Crippen LogP contribution in [0, 0.1) is 0 Å². The van der Waals surface area contributed by atoms with Crippen LogP contribution in [-0.2, 0) is 9.53 Å². The molecule has 1 aromatic heterocycles. The van der Waals surface area contributed by atoms with E-state index in [2.05, 4.69) is 24.0 Å². The van der Waals surface area contributed by atoms with Gasteiger partial charge in [0, 0.05) is 40.8 Å². The maximum atomic E-state index is 13.4. The van der Waals surface area contributed by atoms with Crippen LogP contribution in [0.3, 0.4) is 0 Å². The van der Waals surface area contributed by atoms with E-state index >= 15 is 0 Å². The molecule has 0 aliphatic carbocycles. The summed E-state index contributed by atoms with van der Waals surface area (Å²) in [6, 6.07) is 13.9. The molecule has 0 unspecified atom stereocenters. The number of amides is 1. The van der Waals surface area contributed by atoms with Gasteiger partial charge in [0.1, 0.15) is 11.5 Å². The largest absolute Gasteiger partial charge is 0.497 e. The van der Waals surface area contributed by atoms with E-state index in [-0.39, 0.29) is 18.1 Å². The van der Waals surface area contributed by atoms with E-state index in [1.54, 1.807) is 14.2 Å². The van der Waals surface area contributed by atoms with E-state index in [1.165, 1.54) is 0 Å². The van der Waals surface area contributed by atoms with Gasteiger partial charge in [-0.15, -0.1) is 0 Å². The Morgan fingerprint density at radius 1 is 1.12 bits per heavy atom. The monoisotopic (exact) mass is 446 g/mol. The normalized spacial score (nSPS) is 20.8. The predicted octanol–water partition coefficient (Wildman–Crippen LogP) is 5.25. The average Bonchev–Trinajstić information content (AvgIpc) is 3.54. The number of nitrogens with zero attached hydrogens (tertiary/aromatic N) is 1. The number of rotatable bonds is 6. The highest BCUT2D eigenvalue weighted by molar-refractivity contribution is 6.00. The number of para-hydroxylation sites is 1. The van der Waals surface area contributed by atoms with Crippen molar-refractivity contribution >= 4 is 16.8 Å². The molecule has 33 heavy (non-hydrogen) atoms. The van der Waals surface area contributed by atoms with E-state index in [9.17, 15) is 4.79 Å². The van der Waals surface area contributed by atoms with Gasteiger partial charge in [-0.25, -0.2) is 0 Å². The van der Waals surface area contributed by atoms with E-state index in [0.717, 1.165) is 69.8 Å². The topological polar surface area (TPSA) is 63.8 Å². The van der Waals surface area contributed by atoms with Gasteiger partial charge in [0.25, 0.3) is 0 Å². The molecule has 1 amide bonds. The van der Waals surface area contributed by atoms with E-state index in [0.29, 0.717) is 6.54 Å². The molecule has 0 saturated carbocycles. The Bertz CT molecular complexity index is 1240. The van der Waals surface area contributed by atoms with Crippen molar-refractivity contribution in [3.05, 3.63) is 59.2 Å². The molecule has 0 radical (unpaired) electrons. The summed E-state index contributed by atoms with van der Waals surface area (Å²) in [5.74, 6) is 1.58. The molecule has 2 atom stereocenters. The molecule has 172 valence electrons. The fraction of sp³-hybridized carbons (Fsp3) is 0.370. The van der Waals surface area contributed by atoms with Gasteiger partial charge < -0.3 is 24.1 Å². The van der Waals surface area contributed by atoms with Crippen molar-refractivity contribution in [1.82, 2.24) is 9.88 Å². The standard InChI is InChI=1S/C27H30N2O4/c1-16-17(2)27(30)29(15-19-8-7-13-33-19)26(16)24-20-9-5-6-10-22(20)28-25(24)21-14-18(31-3)11-12-23(21)32-4/h5-6,9-12,14,19,26,28H,7-8,13,15H2,1-4H3/t19-,26-/m0/s1. The first kappa shape index (κ1) is 21.6. The van der Waals surface area contributed by atoms with Gasteiger partial charge in [0.05, 0.1) is 32.1 Å². The number of ether oxygens (including phenoxy) is 3. The highest BCUT2D eigenvalue weighted by atomic mass is 16.5. The van der Waals surface area contributed by atoms with Gasteiger partial charge in [-0.2, -0.15) is 0 Å². The fourth-order valence-electron chi connectivity index (χ4n) is 5.18. The molecule has 0 bridgehead atoms. The summed E-state index contributed by atoms with van der Waals surface area (Å²) in [5.41, 5.74) is 5.84. The summed E-state index contributed by atoms with van der Waals surface area (Å²) in [4.78, 5) is 19.0. The Morgan fingerprint density at radius 2 is 1.94 bits per heavy atom. The minimum Gasteiger partial charge on any atom is -0.497 e. The maximum Gasteiger partial charge on any atom is 0.250 e. The Kier molecular flexibility index (Phi) is 5.62. The Morgan fingerprint density at radius 3 is 2.67 bits per heavy atom. The molecule has 6 nitrogen and oxygen atoms in total. The number of benzene rings is 2. The molecule has 1 fully saturated rings. The summed E-state index contributed by atoms with van der Waals surface area (Å²) in [6.45, 7) is 5.36. The Balaban J connectivity index is 1.73. The highest BCUT2D eigenvalue weighted by Crippen LogP contribution is 2.47. The number of H-pyrrole nitrogens is 1. The number of methoxy groups -OCH3 is 2. The Labute approximate surface area is 194 Å². The predicted molar refractivity (Wildman–Crippen MR) is 129 cm³/mol. The molecule has 3 heterocycles. The van der Waals surface area contributed by atoms with Crippen molar-refractivity contribution in [1.29, 1.82) is 0 Å². The maximum absolute atomic E-state index is 13.4. The zero-order chi connectivity index (χ0) is 23.1. The first-order chi connectivity index (χ1) is 16.0. The SMILES string of the molecule is COc1ccc(OC)c(-c2[nH]c3ccccc3c2[C@@H]2C(C)=C(C)C(=O)N2C[C@@H]2CCCO2)c1. The molecule has 2 aliphatic heterocycles. The second kappa shape index (κ2) is 8.60. The van der Waals surface area contributed by atoms with Crippen LogP contribution < -0.4 is 9.47 Å². The van der Waals surface area contributed by atoms with Crippen LogP contribution >= 0.6 is 0 Å². The van der Waals surface area contributed by atoms with Crippen LogP contribution in [0.15, 0.2) is 53.6 Å². The molecule has 5 rings (SSSR count). The van der Waals surface area contributed by atoms with E-state index in [4.69, 9.17) is 14.2 Å². The smallest absolute Gasteiger partial charge is 0.250 e. The zero-order valence-electron chi connectivity index (χ0n) is 19.6. The first-order valence-corrected chi connectivity index (χ1v) is 11.5. The van der Waals surface area contributed by atoms with E-state index in [1.807, 2.05) is 42.2 Å². The minimum absolute atomic E-state index is 0.0789. The second-order valence-electron chi connectivity index (χ2n) is 8.83. The van der Waals surface area contributed by atoms with Crippen molar-refractivity contribution in [3.63, 3.8) is 0 Å². The number of hydrogen-bond acceptors (Lipinski definition) is 4. The molecular formula is C27H30N2O4. The lowest BCUT2D eigenvalue weighted by atomic mass is 9.93. The molecular weight excluding hydrogens is 416 g/mol. The lowest BCUT2D eigenvalue weighted by Gasteiger charge is -2.30. The van der Waals surface area contributed by atoms with Crippen LogP contribution in [0.25, 0.3) is 22.2 Å². The van der Waals surface area contributed by atoms with Gasteiger partial charge in [0.2, 0.25) is 5.91 Å². The minimum atomic E-state index is -0.177. The number of carbonyl (C=O) groups excluding carboxylic acids is 1. The fourth-order valence-corrected chi connectivity index (χ4v) is 5.18. The van der Waals surface area contributed by atoms with Gasteiger partial charge in [-0.05, 0) is 56.5 Å². The van der Waals surface area contributed by atoms with Crippen LogP contribution in [0.2, 0.25) is 0 Å². The van der Waals surface area contributed by atoms with Gasteiger partial charge >= 0.3 is 0 Å². The number of hydrogen-bond donors (Lipinski definition) is 1. The van der Waals surface area contributed by atoms with Crippen LogP contribution in [0.1, 0.15) is 38.3 Å². The Hall–Kier alpha value is -3.25. The molecule has 1 saturated heterocycles. The van der Waals surface area contributed by atoms with Crippen molar-refractivity contribution in [3.8, 4) is 22.8 Å². The summed E-state index contributed by atoms with van der Waals surface area (Å²) in [7, 11) is 3.33. The number of carbonyl (C=O) groups is 1. The van der Waals surface area contributed by atoms with E-state index < -0.39 is 0 Å². The molecule has 3 aromatic rings. The van der Waals surface area contributed by atoms with Crippen molar-refractivity contribution in [2.75, 3.05) is 27.4 Å². The third kappa shape index (κ3) is 3.59. The van der Waals surface area contributed by atoms with Gasteiger partial charge in [-0.3, -0.25) is 4.79 Å². The molecule has 0 spiro atoms. The van der Waals surface area contributed by atoms with Crippen molar-refractivity contribution in [2.45, 2.75) is 38.8 Å². The number of nitrogens with one attached hydrogen (secondary N) is 1. The summed E-state index contributed by atoms with van der Waals surface area (Å²) in [5, 5.41) is 1.10. The van der Waals surface area contributed by atoms with Crippen LogP contribution in [0.4, 0.5) is 0 Å². The summed E-state index contributed by atoms with van der Waals surface area (Å²) in [6.07, 6.45) is 2.11. The lowest BCUT2D eigenvalue weighted by molar-refractivity contribution is -0.128. The molecule has 2 aromatic carbocycles.